The lowest BCUT2D eigenvalue weighted by molar-refractivity contribution is -0.140. The highest BCUT2D eigenvalue weighted by Crippen LogP contribution is 2.33. The number of aliphatic carboxylic acids is 1. The van der Waals surface area contributed by atoms with Gasteiger partial charge in [-0.05, 0) is 32.6 Å². The van der Waals surface area contributed by atoms with E-state index < -0.39 is 23.3 Å². The van der Waals surface area contributed by atoms with Gasteiger partial charge in [0.15, 0.2) is 0 Å². The van der Waals surface area contributed by atoms with Crippen LogP contribution in [0.25, 0.3) is 0 Å². The molecule has 0 saturated heterocycles. The molecule has 1 amide bonds. The van der Waals surface area contributed by atoms with Crippen molar-refractivity contribution in [3.05, 3.63) is 0 Å². The number of nitrogens with two attached hydrogens (primary N) is 1. The number of hydrogen-bond acceptors (Lipinski definition) is 3. The average molecular weight is 214 g/mol. The van der Waals surface area contributed by atoms with Crippen molar-refractivity contribution in [3.63, 3.8) is 0 Å². The highest BCUT2D eigenvalue weighted by molar-refractivity contribution is 5.80. The van der Waals surface area contributed by atoms with Gasteiger partial charge in [0.05, 0.1) is 5.41 Å². The molecule has 0 aliphatic heterocycles. The third-order valence-electron chi connectivity index (χ3n) is 2.79. The standard InChI is InChI=1S/C10H18N2O3/c1-10(2,9(11)15)5-12-7(8(13)14)6-3-4-6/h6-7,12H,3-5H2,1-2H3,(H2,11,15)(H,13,14). The van der Waals surface area contributed by atoms with Crippen molar-refractivity contribution in [1.82, 2.24) is 5.32 Å². The van der Waals surface area contributed by atoms with Crippen molar-refractivity contribution in [2.24, 2.45) is 17.1 Å². The van der Waals surface area contributed by atoms with Crippen LogP contribution >= 0.6 is 0 Å². The molecule has 0 spiro atoms. The fraction of sp³-hybridized carbons (Fsp3) is 0.800. The maximum Gasteiger partial charge on any atom is 0.320 e. The second-order valence-corrected chi connectivity index (χ2v) is 4.78. The highest BCUT2D eigenvalue weighted by Gasteiger charge is 2.37. The Morgan fingerprint density at radius 1 is 1.53 bits per heavy atom. The van der Waals surface area contributed by atoms with Crippen LogP contribution < -0.4 is 11.1 Å². The molecular formula is C10H18N2O3. The van der Waals surface area contributed by atoms with Crippen LogP contribution in [0.2, 0.25) is 0 Å². The summed E-state index contributed by atoms with van der Waals surface area (Å²) < 4.78 is 0. The molecule has 5 heteroatoms. The predicted octanol–water partition coefficient (Wildman–Crippen LogP) is -0.0493. The van der Waals surface area contributed by atoms with E-state index in [2.05, 4.69) is 5.32 Å². The van der Waals surface area contributed by atoms with Gasteiger partial charge in [0.25, 0.3) is 0 Å². The third-order valence-corrected chi connectivity index (χ3v) is 2.79. The summed E-state index contributed by atoms with van der Waals surface area (Å²) in [4.78, 5) is 21.9. The van der Waals surface area contributed by atoms with Crippen molar-refractivity contribution in [1.29, 1.82) is 0 Å². The van der Waals surface area contributed by atoms with Crippen LogP contribution in [-0.4, -0.2) is 29.6 Å². The first kappa shape index (κ1) is 12.0. The second-order valence-electron chi connectivity index (χ2n) is 4.78. The fourth-order valence-electron chi connectivity index (χ4n) is 1.34. The molecule has 0 heterocycles. The van der Waals surface area contributed by atoms with Crippen LogP contribution in [-0.2, 0) is 9.59 Å². The topological polar surface area (TPSA) is 92.4 Å². The molecule has 0 radical (unpaired) electrons. The van der Waals surface area contributed by atoms with Crippen molar-refractivity contribution in [2.45, 2.75) is 32.7 Å². The minimum atomic E-state index is -0.849. The summed E-state index contributed by atoms with van der Waals surface area (Å²) in [5.74, 6) is -1.06. The van der Waals surface area contributed by atoms with E-state index in [1.165, 1.54) is 0 Å². The Hall–Kier alpha value is -1.10. The van der Waals surface area contributed by atoms with Gasteiger partial charge in [-0.2, -0.15) is 0 Å². The summed E-state index contributed by atoms with van der Waals surface area (Å²) in [5, 5.41) is 11.8. The molecule has 1 rings (SSSR count). The van der Waals surface area contributed by atoms with Crippen LogP contribution in [0.5, 0.6) is 0 Å². The molecule has 5 nitrogen and oxygen atoms in total. The van der Waals surface area contributed by atoms with E-state index in [1.807, 2.05) is 0 Å². The molecule has 86 valence electrons. The Bertz CT molecular complexity index is 272. The number of carboxylic acid groups (broad SMARTS) is 1. The van der Waals surface area contributed by atoms with Gasteiger partial charge in [-0.1, -0.05) is 0 Å². The van der Waals surface area contributed by atoms with Gasteiger partial charge in [0, 0.05) is 6.54 Å². The van der Waals surface area contributed by atoms with Crippen molar-refractivity contribution in [3.8, 4) is 0 Å². The summed E-state index contributed by atoms with van der Waals surface area (Å²) >= 11 is 0. The normalized spacial score (nSPS) is 18.5. The molecule has 0 aromatic carbocycles. The monoisotopic (exact) mass is 214 g/mol. The zero-order valence-electron chi connectivity index (χ0n) is 9.12. The summed E-state index contributed by atoms with van der Waals surface area (Å²) in [6, 6.07) is -0.538. The first-order valence-corrected chi connectivity index (χ1v) is 5.10. The van der Waals surface area contributed by atoms with Crippen LogP contribution in [0.1, 0.15) is 26.7 Å². The predicted molar refractivity (Wildman–Crippen MR) is 55.1 cm³/mol. The Morgan fingerprint density at radius 3 is 2.40 bits per heavy atom. The lowest BCUT2D eigenvalue weighted by atomic mass is 9.92. The van der Waals surface area contributed by atoms with E-state index in [0.29, 0.717) is 6.54 Å². The van der Waals surface area contributed by atoms with Gasteiger partial charge in [0.1, 0.15) is 6.04 Å². The molecular weight excluding hydrogens is 196 g/mol. The lowest BCUT2D eigenvalue weighted by Crippen LogP contribution is -2.47. The maximum atomic E-state index is 11.0. The Labute approximate surface area is 89.0 Å². The Morgan fingerprint density at radius 2 is 2.07 bits per heavy atom. The highest BCUT2D eigenvalue weighted by atomic mass is 16.4. The molecule has 4 N–H and O–H groups in total. The Balaban J connectivity index is 2.46. The second kappa shape index (κ2) is 4.18. The van der Waals surface area contributed by atoms with Crippen LogP contribution in [0, 0.1) is 11.3 Å². The zero-order chi connectivity index (χ0) is 11.6. The number of hydrogen-bond donors (Lipinski definition) is 3. The fourth-order valence-corrected chi connectivity index (χ4v) is 1.34. The average Bonchev–Trinajstić information content (AvgIpc) is 2.87. The maximum absolute atomic E-state index is 11.0. The minimum absolute atomic E-state index is 0.214. The molecule has 0 aromatic rings. The SMILES string of the molecule is CC(C)(CNC(C(=O)O)C1CC1)C(N)=O. The quantitative estimate of drug-likeness (QED) is 0.578. The molecule has 1 aliphatic rings. The minimum Gasteiger partial charge on any atom is -0.480 e. The van der Waals surface area contributed by atoms with Gasteiger partial charge < -0.3 is 16.2 Å². The smallest absolute Gasteiger partial charge is 0.320 e. The van der Waals surface area contributed by atoms with E-state index in [0.717, 1.165) is 12.8 Å². The van der Waals surface area contributed by atoms with Gasteiger partial charge in [-0.3, -0.25) is 9.59 Å². The summed E-state index contributed by atoms with van der Waals surface area (Å²) in [5.41, 5.74) is 4.49. The largest absolute Gasteiger partial charge is 0.480 e. The number of amides is 1. The number of nitrogens with one attached hydrogen (secondary N) is 1. The molecule has 1 aliphatic carbocycles. The van der Waals surface area contributed by atoms with Crippen LogP contribution in [0.3, 0.4) is 0 Å². The summed E-state index contributed by atoms with van der Waals surface area (Å²) in [6.45, 7) is 3.71. The number of rotatable bonds is 6. The molecule has 15 heavy (non-hydrogen) atoms. The van der Waals surface area contributed by atoms with Gasteiger partial charge >= 0.3 is 5.97 Å². The number of primary amides is 1. The third kappa shape index (κ3) is 3.20. The molecule has 0 aromatic heterocycles. The summed E-state index contributed by atoms with van der Waals surface area (Å²) in [6.07, 6.45) is 1.89. The number of carbonyl (C=O) groups excluding carboxylic acids is 1. The lowest BCUT2D eigenvalue weighted by Gasteiger charge is -2.23. The van der Waals surface area contributed by atoms with E-state index in [4.69, 9.17) is 10.8 Å². The van der Waals surface area contributed by atoms with E-state index in [1.54, 1.807) is 13.8 Å². The summed E-state index contributed by atoms with van der Waals surface area (Å²) in [7, 11) is 0. The zero-order valence-corrected chi connectivity index (χ0v) is 9.12. The van der Waals surface area contributed by atoms with Crippen molar-refractivity contribution >= 4 is 11.9 Å². The van der Waals surface area contributed by atoms with E-state index >= 15 is 0 Å². The molecule has 1 fully saturated rings. The number of carboxylic acids is 1. The van der Waals surface area contributed by atoms with Crippen molar-refractivity contribution < 1.29 is 14.7 Å². The van der Waals surface area contributed by atoms with Crippen molar-refractivity contribution in [2.75, 3.05) is 6.54 Å². The van der Waals surface area contributed by atoms with E-state index in [-0.39, 0.29) is 5.92 Å². The molecule has 1 saturated carbocycles. The van der Waals surface area contributed by atoms with Gasteiger partial charge in [0.2, 0.25) is 5.91 Å². The molecule has 1 atom stereocenters. The first-order chi connectivity index (χ1) is 6.84. The Kier molecular flexibility index (Phi) is 3.34. The van der Waals surface area contributed by atoms with Crippen LogP contribution in [0.4, 0.5) is 0 Å². The van der Waals surface area contributed by atoms with E-state index in [9.17, 15) is 9.59 Å². The van der Waals surface area contributed by atoms with Gasteiger partial charge in [-0.25, -0.2) is 0 Å². The number of carbonyl (C=O) groups is 2. The molecule has 1 unspecified atom stereocenters. The molecule has 0 bridgehead atoms. The van der Waals surface area contributed by atoms with Gasteiger partial charge in [-0.15, -0.1) is 0 Å². The first-order valence-electron chi connectivity index (χ1n) is 5.10. The van der Waals surface area contributed by atoms with Crippen LogP contribution in [0.15, 0.2) is 0 Å².